The standard InChI is InChI=1S/C16H24FN/c1-11(2)8-14-10-18-7-6-15(14)13-5-4-12(3)16(17)9-13/h4-5,9,11,14-15,18H,6-8,10H2,1-3H3. The smallest absolute Gasteiger partial charge is 0.126 e. The van der Waals surface area contributed by atoms with E-state index in [1.54, 1.807) is 6.07 Å². The van der Waals surface area contributed by atoms with Crippen molar-refractivity contribution in [3.05, 3.63) is 35.1 Å². The number of hydrogen-bond donors (Lipinski definition) is 1. The molecule has 18 heavy (non-hydrogen) atoms. The molecule has 0 radical (unpaired) electrons. The number of piperidine rings is 1. The summed E-state index contributed by atoms with van der Waals surface area (Å²) in [5.74, 6) is 1.80. The van der Waals surface area contributed by atoms with Crippen LogP contribution < -0.4 is 5.32 Å². The Bertz CT molecular complexity index is 400. The van der Waals surface area contributed by atoms with Crippen LogP contribution in [-0.4, -0.2) is 13.1 Å². The fourth-order valence-electron chi connectivity index (χ4n) is 3.05. The Morgan fingerprint density at radius 3 is 2.83 bits per heavy atom. The number of halogens is 1. The molecule has 2 heteroatoms. The molecule has 100 valence electrons. The Labute approximate surface area is 110 Å². The molecule has 1 aliphatic heterocycles. The molecule has 0 bridgehead atoms. The van der Waals surface area contributed by atoms with E-state index in [1.165, 1.54) is 12.0 Å². The Hall–Kier alpha value is -0.890. The van der Waals surface area contributed by atoms with E-state index in [9.17, 15) is 4.39 Å². The fraction of sp³-hybridized carbons (Fsp3) is 0.625. The second-order valence-corrected chi connectivity index (χ2v) is 6.00. The highest BCUT2D eigenvalue weighted by molar-refractivity contribution is 5.27. The van der Waals surface area contributed by atoms with Crippen molar-refractivity contribution in [2.75, 3.05) is 13.1 Å². The zero-order chi connectivity index (χ0) is 13.1. The summed E-state index contributed by atoms with van der Waals surface area (Å²) in [5, 5.41) is 3.47. The zero-order valence-electron chi connectivity index (χ0n) is 11.7. The third-order valence-electron chi connectivity index (χ3n) is 4.01. The van der Waals surface area contributed by atoms with Gasteiger partial charge < -0.3 is 5.32 Å². The van der Waals surface area contributed by atoms with Gasteiger partial charge in [0, 0.05) is 0 Å². The van der Waals surface area contributed by atoms with Gasteiger partial charge in [0.05, 0.1) is 0 Å². The second kappa shape index (κ2) is 5.83. The van der Waals surface area contributed by atoms with Gasteiger partial charge in [-0.05, 0) is 67.8 Å². The number of nitrogens with one attached hydrogen (secondary N) is 1. The third kappa shape index (κ3) is 3.11. The van der Waals surface area contributed by atoms with Gasteiger partial charge in [0.1, 0.15) is 5.82 Å². The normalized spacial score (nSPS) is 24.5. The lowest BCUT2D eigenvalue weighted by atomic mass is 9.77. The zero-order valence-corrected chi connectivity index (χ0v) is 11.7. The summed E-state index contributed by atoms with van der Waals surface area (Å²) in [6.45, 7) is 8.48. The predicted molar refractivity (Wildman–Crippen MR) is 74.3 cm³/mol. The Kier molecular flexibility index (Phi) is 4.39. The van der Waals surface area contributed by atoms with Crippen molar-refractivity contribution in [2.24, 2.45) is 11.8 Å². The molecule has 1 aliphatic rings. The Morgan fingerprint density at radius 1 is 1.39 bits per heavy atom. The topological polar surface area (TPSA) is 12.0 Å². The minimum atomic E-state index is -0.0608. The van der Waals surface area contributed by atoms with Gasteiger partial charge in [0.2, 0.25) is 0 Å². The highest BCUT2D eigenvalue weighted by Gasteiger charge is 2.27. The van der Waals surface area contributed by atoms with E-state index in [0.29, 0.717) is 17.8 Å². The monoisotopic (exact) mass is 249 g/mol. The van der Waals surface area contributed by atoms with Crippen LogP contribution in [0.1, 0.15) is 43.7 Å². The van der Waals surface area contributed by atoms with Crippen LogP contribution in [0.4, 0.5) is 4.39 Å². The van der Waals surface area contributed by atoms with E-state index in [1.807, 2.05) is 13.0 Å². The summed E-state index contributed by atoms with van der Waals surface area (Å²) in [6.07, 6.45) is 2.34. The third-order valence-corrected chi connectivity index (χ3v) is 4.01. The van der Waals surface area contributed by atoms with Gasteiger partial charge in [-0.25, -0.2) is 4.39 Å². The van der Waals surface area contributed by atoms with Gasteiger partial charge in [0.25, 0.3) is 0 Å². The quantitative estimate of drug-likeness (QED) is 0.857. The van der Waals surface area contributed by atoms with E-state index in [2.05, 4.69) is 25.2 Å². The van der Waals surface area contributed by atoms with Gasteiger partial charge in [-0.2, -0.15) is 0 Å². The van der Waals surface area contributed by atoms with Crippen LogP contribution in [0.3, 0.4) is 0 Å². The minimum absolute atomic E-state index is 0.0608. The van der Waals surface area contributed by atoms with Gasteiger partial charge >= 0.3 is 0 Å². The summed E-state index contributed by atoms with van der Waals surface area (Å²) in [4.78, 5) is 0. The van der Waals surface area contributed by atoms with E-state index in [-0.39, 0.29) is 5.82 Å². The highest BCUT2D eigenvalue weighted by atomic mass is 19.1. The summed E-state index contributed by atoms with van der Waals surface area (Å²) in [5.41, 5.74) is 1.93. The fourth-order valence-corrected chi connectivity index (χ4v) is 3.05. The van der Waals surface area contributed by atoms with Crippen LogP contribution in [0.25, 0.3) is 0 Å². The van der Waals surface area contributed by atoms with Crippen LogP contribution in [-0.2, 0) is 0 Å². The number of rotatable bonds is 3. The van der Waals surface area contributed by atoms with Crippen LogP contribution in [0.2, 0.25) is 0 Å². The van der Waals surface area contributed by atoms with Gasteiger partial charge in [-0.3, -0.25) is 0 Å². The van der Waals surface area contributed by atoms with E-state index in [0.717, 1.165) is 25.1 Å². The van der Waals surface area contributed by atoms with Crippen molar-refractivity contribution in [1.29, 1.82) is 0 Å². The molecular formula is C16H24FN. The van der Waals surface area contributed by atoms with Crippen molar-refractivity contribution in [2.45, 2.75) is 39.5 Å². The second-order valence-electron chi connectivity index (χ2n) is 6.00. The molecule has 1 N–H and O–H groups in total. The molecule has 0 aromatic heterocycles. The average molecular weight is 249 g/mol. The van der Waals surface area contributed by atoms with Gasteiger partial charge in [0.15, 0.2) is 0 Å². The van der Waals surface area contributed by atoms with E-state index < -0.39 is 0 Å². The van der Waals surface area contributed by atoms with Crippen LogP contribution >= 0.6 is 0 Å². The predicted octanol–water partition coefficient (Wildman–Crippen LogP) is 3.87. The molecule has 1 nitrogen and oxygen atoms in total. The summed E-state index contributed by atoms with van der Waals surface area (Å²) >= 11 is 0. The molecule has 1 aromatic carbocycles. The van der Waals surface area contributed by atoms with Crippen molar-refractivity contribution in [3.8, 4) is 0 Å². The van der Waals surface area contributed by atoms with Crippen molar-refractivity contribution in [3.63, 3.8) is 0 Å². The Morgan fingerprint density at radius 2 is 2.17 bits per heavy atom. The highest BCUT2D eigenvalue weighted by Crippen LogP contribution is 2.34. The first kappa shape index (κ1) is 13.5. The summed E-state index contributed by atoms with van der Waals surface area (Å²) in [6, 6.07) is 5.78. The molecule has 1 fully saturated rings. The Balaban J connectivity index is 2.19. The molecule has 1 heterocycles. The maximum absolute atomic E-state index is 13.7. The lowest BCUT2D eigenvalue weighted by Crippen LogP contribution is -2.36. The molecule has 0 saturated carbocycles. The largest absolute Gasteiger partial charge is 0.316 e. The molecule has 1 saturated heterocycles. The van der Waals surface area contributed by atoms with Crippen LogP contribution in [0.15, 0.2) is 18.2 Å². The van der Waals surface area contributed by atoms with Crippen molar-refractivity contribution < 1.29 is 4.39 Å². The van der Waals surface area contributed by atoms with E-state index in [4.69, 9.17) is 0 Å². The number of hydrogen-bond acceptors (Lipinski definition) is 1. The average Bonchev–Trinajstić information content (AvgIpc) is 2.33. The first-order valence-electron chi connectivity index (χ1n) is 7.04. The molecule has 1 aromatic rings. The van der Waals surface area contributed by atoms with Crippen LogP contribution in [0.5, 0.6) is 0 Å². The molecule has 2 unspecified atom stereocenters. The minimum Gasteiger partial charge on any atom is -0.316 e. The molecule has 0 amide bonds. The molecular weight excluding hydrogens is 225 g/mol. The lowest BCUT2D eigenvalue weighted by molar-refractivity contribution is 0.280. The molecule has 0 aliphatic carbocycles. The van der Waals surface area contributed by atoms with Crippen molar-refractivity contribution in [1.82, 2.24) is 5.32 Å². The summed E-state index contributed by atoms with van der Waals surface area (Å²) in [7, 11) is 0. The first-order chi connectivity index (χ1) is 8.58. The lowest BCUT2D eigenvalue weighted by Gasteiger charge is -2.33. The van der Waals surface area contributed by atoms with Crippen molar-refractivity contribution >= 4 is 0 Å². The molecule has 0 spiro atoms. The maximum Gasteiger partial charge on any atom is 0.126 e. The number of aryl methyl sites for hydroxylation is 1. The van der Waals surface area contributed by atoms with Gasteiger partial charge in [-0.15, -0.1) is 0 Å². The SMILES string of the molecule is Cc1ccc(C2CCNCC2CC(C)C)cc1F. The first-order valence-corrected chi connectivity index (χ1v) is 7.04. The van der Waals surface area contributed by atoms with Crippen LogP contribution in [0, 0.1) is 24.6 Å². The number of benzene rings is 1. The van der Waals surface area contributed by atoms with E-state index >= 15 is 0 Å². The maximum atomic E-state index is 13.7. The van der Waals surface area contributed by atoms with Gasteiger partial charge in [-0.1, -0.05) is 26.0 Å². The molecule has 2 atom stereocenters. The summed E-state index contributed by atoms with van der Waals surface area (Å²) < 4.78 is 13.7. The molecule has 2 rings (SSSR count).